The molecule has 15 heavy (non-hydrogen) atoms. The van der Waals surface area contributed by atoms with Gasteiger partial charge in [-0.25, -0.2) is 0 Å². The molecular formula is C13H20N2. The molecule has 1 N–H and O–H groups in total. The fourth-order valence-corrected chi connectivity index (χ4v) is 1.77. The second-order valence-electron chi connectivity index (χ2n) is 3.71. The van der Waals surface area contributed by atoms with E-state index < -0.39 is 0 Å². The van der Waals surface area contributed by atoms with Crippen LogP contribution in [0.25, 0.3) is 0 Å². The van der Waals surface area contributed by atoms with Gasteiger partial charge in [0, 0.05) is 18.4 Å². The topological polar surface area (TPSA) is 24.9 Å². The first-order chi connectivity index (χ1) is 7.29. The Labute approximate surface area is 92.4 Å². The molecule has 1 heterocycles. The van der Waals surface area contributed by atoms with Gasteiger partial charge in [0.1, 0.15) is 0 Å². The van der Waals surface area contributed by atoms with Gasteiger partial charge in [-0.2, -0.15) is 0 Å². The first-order valence-corrected chi connectivity index (χ1v) is 5.54. The molecule has 0 amide bonds. The van der Waals surface area contributed by atoms with E-state index in [1.54, 1.807) is 0 Å². The van der Waals surface area contributed by atoms with Gasteiger partial charge in [0.15, 0.2) is 0 Å². The highest BCUT2D eigenvalue weighted by Gasteiger charge is 2.10. The quantitative estimate of drug-likeness (QED) is 0.720. The zero-order chi connectivity index (χ0) is 11.1. The van der Waals surface area contributed by atoms with Crippen LogP contribution in [0.2, 0.25) is 0 Å². The summed E-state index contributed by atoms with van der Waals surface area (Å²) in [4.78, 5) is 4.12. The summed E-state index contributed by atoms with van der Waals surface area (Å²) in [5.41, 5.74) is 2.61. The molecule has 0 aliphatic carbocycles. The molecule has 0 spiro atoms. The van der Waals surface area contributed by atoms with Crippen LogP contribution in [0.15, 0.2) is 31.1 Å². The van der Waals surface area contributed by atoms with E-state index in [1.807, 2.05) is 18.5 Å². The molecule has 82 valence electrons. The number of hydrogen-bond donors (Lipinski definition) is 1. The molecule has 1 unspecified atom stereocenters. The van der Waals surface area contributed by atoms with Gasteiger partial charge < -0.3 is 5.32 Å². The van der Waals surface area contributed by atoms with Crippen molar-refractivity contribution in [3.05, 3.63) is 42.2 Å². The van der Waals surface area contributed by atoms with Crippen molar-refractivity contribution in [3.8, 4) is 0 Å². The Bertz CT molecular complexity index is 307. The first kappa shape index (κ1) is 11.9. The Morgan fingerprint density at radius 3 is 3.00 bits per heavy atom. The SMILES string of the molecule is C=CCCC(NCC)c1ccncc1C. The molecule has 0 saturated carbocycles. The van der Waals surface area contributed by atoms with E-state index in [4.69, 9.17) is 0 Å². The Morgan fingerprint density at radius 2 is 2.40 bits per heavy atom. The predicted molar refractivity (Wildman–Crippen MR) is 64.8 cm³/mol. The van der Waals surface area contributed by atoms with Crippen LogP contribution in [0.4, 0.5) is 0 Å². The summed E-state index contributed by atoms with van der Waals surface area (Å²) in [6.45, 7) is 9.01. The highest BCUT2D eigenvalue weighted by Crippen LogP contribution is 2.21. The Morgan fingerprint density at radius 1 is 1.60 bits per heavy atom. The molecule has 1 aromatic rings. The third-order valence-electron chi connectivity index (χ3n) is 2.55. The van der Waals surface area contributed by atoms with Crippen molar-refractivity contribution >= 4 is 0 Å². The van der Waals surface area contributed by atoms with Gasteiger partial charge in [-0.3, -0.25) is 4.98 Å². The molecular weight excluding hydrogens is 184 g/mol. The van der Waals surface area contributed by atoms with E-state index in [-0.39, 0.29) is 0 Å². The average molecular weight is 204 g/mol. The number of rotatable bonds is 6. The van der Waals surface area contributed by atoms with Gasteiger partial charge in [0.2, 0.25) is 0 Å². The molecule has 2 nitrogen and oxygen atoms in total. The smallest absolute Gasteiger partial charge is 0.0326 e. The number of hydrogen-bond acceptors (Lipinski definition) is 2. The monoisotopic (exact) mass is 204 g/mol. The maximum absolute atomic E-state index is 4.12. The summed E-state index contributed by atoms with van der Waals surface area (Å²) in [6.07, 6.45) is 7.90. The lowest BCUT2D eigenvalue weighted by molar-refractivity contribution is 0.517. The number of pyridine rings is 1. The molecule has 1 atom stereocenters. The van der Waals surface area contributed by atoms with Crippen LogP contribution in [0, 0.1) is 6.92 Å². The minimum atomic E-state index is 0.427. The summed E-state index contributed by atoms with van der Waals surface area (Å²) in [7, 11) is 0. The number of nitrogens with zero attached hydrogens (tertiary/aromatic N) is 1. The van der Waals surface area contributed by atoms with E-state index in [0.717, 1.165) is 19.4 Å². The molecule has 0 bridgehead atoms. The third kappa shape index (κ3) is 3.48. The van der Waals surface area contributed by atoms with Crippen LogP contribution in [-0.2, 0) is 0 Å². The highest BCUT2D eigenvalue weighted by molar-refractivity contribution is 5.25. The molecule has 0 aliphatic heterocycles. The molecule has 2 heteroatoms. The van der Waals surface area contributed by atoms with Crippen LogP contribution in [-0.4, -0.2) is 11.5 Å². The fraction of sp³-hybridized carbons (Fsp3) is 0.462. The van der Waals surface area contributed by atoms with Gasteiger partial charge in [0.25, 0.3) is 0 Å². The lowest BCUT2D eigenvalue weighted by Gasteiger charge is -2.19. The van der Waals surface area contributed by atoms with Crippen molar-refractivity contribution in [3.63, 3.8) is 0 Å². The van der Waals surface area contributed by atoms with E-state index >= 15 is 0 Å². The maximum Gasteiger partial charge on any atom is 0.0326 e. The second kappa shape index (κ2) is 6.36. The highest BCUT2D eigenvalue weighted by atomic mass is 14.9. The van der Waals surface area contributed by atoms with E-state index in [2.05, 4.69) is 36.8 Å². The summed E-state index contributed by atoms with van der Waals surface area (Å²) in [5.74, 6) is 0. The zero-order valence-corrected chi connectivity index (χ0v) is 9.66. The molecule has 0 saturated heterocycles. The van der Waals surface area contributed by atoms with Gasteiger partial charge in [-0.15, -0.1) is 6.58 Å². The molecule has 0 fully saturated rings. The van der Waals surface area contributed by atoms with Crippen molar-refractivity contribution in [2.45, 2.75) is 32.7 Å². The molecule has 0 aromatic carbocycles. The van der Waals surface area contributed by atoms with E-state index in [1.165, 1.54) is 11.1 Å². The molecule has 1 rings (SSSR count). The van der Waals surface area contributed by atoms with E-state index in [9.17, 15) is 0 Å². The predicted octanol–water partition coefficient (Wildman–Crippen LogP) is 3.01. The fourth-order valence-electron chi connectivity index (χ4n) is 1.77. The Hall–Kier alpha value is -1.15. The lowest BCUT2D eigenvalue weighted by atomic mass is 9.99. The van der Waals surface area contributed by atoms with Crippen LogP contribution in [0.3, 0.4) is 0 Å². The maximum atomic E-state index is 4.12. The first-order valence-electron chi connectivity index (χ1n) is 5.54. The number of nitrogens with one attached hydrogen (secondary N) is 1. The Kier molecular flexibility index (Phi) is 5.05. The van der Waals surface area contributed by atoms with Crippen molar-refractivity contribution in [1.82, 2.24) is 10.3 Å². The van der Waals surface area contributed by atoms with Gasteiger partial charge in [-0.1, -0.05) is 13.0 Å². The van der Waals surface area contributed by atoms with Crippen LogP contribution < -0.4 is 5.32 Å². The van der Waals surface area contributed by atoms with Crippen molar-refractivity contribution in [1.29, 1.82) is 0 Å². The van der Waals surface area contributed by atoms with E-state index in [0.29, 0.717) is 6.04 Å². The molecule has 0 aliphatic rings. The molecule has 1 aromatic heterocycles. The number of aromatic nitrogens is 1. The normalized spacial score (nSPS) is 12.4. The summed E-state index contributed by atoms with van der Waals surface area (Å²) in [6, 6.07) is 2.53. The summed E-state index contributed by atoms with van der Waals surface area (Å²) < 4.78 is 0. The number of allylic oxidation sites excluding steroid dienone is 1. The minimum absolute atomic E-state index is 0.427. The van der Waals surface area contributed by atoms with Gasteiger partial charge in [0.05, 0.1) is 0 Å². The van der Waals surface area contributed by atoms with Crippen LogP contribution >= 0.6 is 0 Å². The average Bonchev–Trinajstić information content (AvgIpc) is 2.25. The summed E-state index contributed by atoms with van der Waals surface area (Å²) >= 11 is 0. The minimum Gasteiger partial charge on any atom is -0.310 e. The second-order valence-corrected chi connectivity index (χ2v) is 3.71. The van der Waals surface area contributed by atoms with Crippen LogP contribution in [0.5, 0.6) is 0 Å². The largest absolute Gasteiger partial charge is 0.310 e. The van der Waals surface area contributed by atoms with Gasteiger partial charge in [-0.05, 0) is 43.5 Å². The summed E-state index contributed by atoms with van der Waals surface area (Å²) in [5, 5.41) is 3.50. The number of aryl methyl sites for hydroxylation is 1. The van der Waals surface area contributed by atoms with Gasteiger partial charge >= 0.3 is 0 Å². The van der Waals surface area contributed by atoms with Crippen LogP contribution in [0.1, 0.15) is 36.9 Å². The van der Waals surface area contributed by atoms with Crippen molar-refractivity contribution in [2.24, 2.45) is 0 Å². The Balaban J connectivity index is 2.78. The third-order valence-corrected chi connectivity index (χ3v) is 2.55. The zero-order valence-electron chi connectivity index (χ0n) is 9.66. The molecule has 0 radical (unpaired) electrons. The lowest BCUT2D eigenvalue weighted by Crippen LogP contribution is -2.21. The van der Waals surface area contributed by atoms with Crippen molar-refractivity contribution in [2.75, 3.05) is 6.54 Å². The van der Waals surface area contributed by atoms with Crippen molar-refractivity contribution < 1.29 is 0 Å². The standard InChI is InChI=1S/C13H20N2/c1-4-6-7-13(15-5-2)12-8-9-14-10-11(12)3/h4,8-10,13,15H,1,5-7H2,2-3H3.